The van der Waals surface area contributed by atoms with Gasteiger partial charge in [0, 0.05) is 10.7 Å². The molecule has 120 valence electrons. The van der Waals surface area contributed by atoms with Crippen molar-refractivity contribution in [3.8, 4) is 0 Å². The number of sulfonamides is 1. The lowest BCUT2D eigenvalue weighted by molar-refractivity contribution is 0.592. The molecule has 0 amide bonds. The van der Waals surface area contributed by atoms with Crippen molar-refractivity contribution in [2.45, 2.75) is 50.7 Å². The van der Waals surface area contributed by atoms with Crippen LogP contribution >= 0.6 is 10.7 Å². The van der Waals surface area contributed by atoms with Gasteiger partial charge in [-0.15, -0.1) is 0 Å². The first-order valence-electron chi connectivity index (χ1n) is 6.65. The molecule has 1 N–H and O–H groups in total. The maximum Gasteiger partial charge on any atom is 0.261 e. The molecule has 0 spiro atoms. The monoisotopic (exact) mass is 353 g/mol. The normalized spacial score (nSPS) is 12.7. The molecule has 1 rings (SSSR count). The molecule has 21 heavy (non-hydrogen) atoms. The van der Waals surface area contributed by atoms with E-state index in [9.17, 15) is 16.8 Å². The second kappa shape index (κ2) is 6.54. The summed E-state index contributed by atoms with van der Waals surface area (Å²) in [6.45, 7) is 6.81. The molecule has 0 fully saturated rings. The van der Waals surface area contributed by atoms with Gasteiger partial charge < -0.3 is 0 Å². The van der Waals surface area contributed by atoms with Crippen LogP contribution in [0.5, 0.6) is 0 Å². The van der Waals surface area contributed by atoms with E-state index in [0.717, 1.165) is 0 Å². The molecule has 0 aromatic heterocycles. The first-order valence-corrected chi connectivity index (χ1v) is 10.5. The minimum atomic E-state index is -3.85. The standard InChI is InChI=1S/C13H20ClNO4S2/c1-5-10-7-12(20(14,16)17)8-11(6-2)13(10)15-21(18,19)9(3)4/h7-9,15H,5-6H2,1-4H3. The molecule has 1 aromatic rings. The summed E-state index contributed by atoms with van der Waals surface area (Å²) in [5.74, 6) is 0. The molecule has 0 aliphatic rings. The molecule has 0 heterocycles. The Morgan fingerprint density at radius 3 is 1.76 bits per heavy atom. The third-order valence-corrected chi connectivity index (χ3v) is 6.25. The molecular formula is C13H20ClNO4S2. The van der Waals surface area contributed by atoms with Crippen LogP contribution in [-0.4, -0.2) is 22.1 Å². The minimum absolute atomic E-state index is 0.00892. The van der Waals surface area contributed by atoms with Gasteiger partial charge in [-0.05, 0) is 49.9 Å². The van der Waals surface area contributed by atoms with E-state index < -0.39 is 24.3 Å². The van der Waals surface area contributed by atoms with Gasteiger partial charge in [0.2, 0.25) is 10.0 Å². The van der Waals surface area contributed by atoms with Crippen LogP contribution in [0.25, 0.3) is 0 Å². The molecule has 0 bridgehead atoms. The second-order valence-corrected chi connectivity index (χ2v) is 9.76. The van der Waals surface area contributed by atoms with Crippen molar-refractivity contribution in [3.63, 3.8) is 0 Å². The van der Waals surface area contributed by atoms with Crippen LogP contribution in [0.2, 0.25) is 0 Å². The highest BCUT2D eigenvalue weighted by Crippen LogP contribution is 2.29. The highest BCUT2D eigenvalue weighted by atomic mass is 35.7. The lowest BCUT2D eigenvalue weighted by atomic mass is 10.0. The zero-order valence-electron chi connectivity index (χ0n) is 12.5. The quantitative estimate of drug-likeness (QED) is 0.797. The Labute approximate surface area is 131 Å². The fourth-order valence-corrected chi connectivity index (χ4v) is 3.44. The predicted molar refractivity (Wildman–Crippen MR) is 85.9 cm³/mol. The Morgan fingerprint density at radius 1 is 1.05 bits per heavy atom. The summed E-state index contributed by atoms with van der Waals surface area (Å²) in [4.78, 5) is -0.00892. The van der Waals surface area contributed by atoms with Gasteiger partial charge in [0.25, 0.3) is 9.05 Å². The largest absolute Gasteiger partial charge is 0.283 e. The van der Waals surface area contributed by atoms with E-state index in [-0.39, 0.29) is 4.90 Å². The predicted octanol–water partition coefficient (Wildman–Crippen LogP) is 2.89. The van der Waals surface area contributed by atoms with E-state index in [4.69, 9.17) is 10.7 Å². The Hall–Kier alpha value is -0.790. The Bertz CT molecular complexity index is 700. The maximum atomic E-state index is 12.1. The Morgan fingerprint density at radius 2 is 1.48 bits per heavy atom. The first-order chi connectivity index (χ1) is 9.52. The SMILES string of the molecule is CCc1cc(S(=O)(=O)Cl)cc(CC)c1NS(=O)(=O)C(C)C. The molecule has 0 saturated heterocycles. The molecular weight excluding hydrogens is 334 g/mol. The number of rotatable bonds is 6. The lowest BCUT2D eigenvalue weighted by Crippen LogP contribution is -2.24. The fourth-order valence-electron chi connectivity index (χ4n) is 1.83. The van der Waals surface area contributed by atoms with Gasteiger partial charge in [0.15, 0.2) is 0 Å². The van der Waals surface area contributed by atoms with Gasteiger partial charge in [-0.2, -0.15) is 0 Å². The van der Waals surface area contributed by atoms with E-state index in [1.165, 1.54) is 12.1 Å². The van der Waals surface area contributed by atoms with E-state index in [0.29, 0.717) is 29.7 Å². The summed E-state index contributed by atoms with van der Waals surface area (Å²) in [5, 5.41) is -0.580. The average molecular weight is 354 g/mol. The van der Waals surface area contributed by atoms with Crippen molar-refractivity contribution in [1.82, 2.24) is 0 Å². The number of hydrogen-bond acceptors (Lipinski definition) is 4. The van der Waals surface area contributed by atoms with Gasteiger partial charge in [-0.3, -0.25) is 4.72 Å². The number of benzene rings is 1. The van der Waals surface area contributed by atoms with Crippen LogP contribution < -0.4 is 4.72 Å². The second-order valence-electron chi connectivity index (χ2n) is 4.96. The molecule has 0 unspecified atom stereocenters. The summed E-state index contributed by atoms with van der Waals surface area (Å²) < 4.78 is 49.7. The van der Waals surface area contributed by atoms with Crippen LogP contribution in [0, 0.1) is 0 Å². The zero-order chi connectivity index (χ0) is 16.4. The maximum absolute atomic E-state index is 12.1. The summed E-state index contributed by atoms with van der Waals surface area (Å²) in [6, 6.07) is 2.83. The van der Waals surface area contributed by atoms with Gasteiger partial charge in [0.1, 0.15) is 0 Å². The number of nitrogens with one attached hydrogen (secondary N) is 1. The first kappa shape index (κ1) is 18.3. The molecule has 0 radical (unpaired) electrons. The highest BCUT2D eigenvalue weighted by molar-refractivity contribution is 8.13. The van der Waals surface area contributed by atoms with Crippen molar-refractivity contribution >= 4 is 35.4 Å². The third kappa shape index (κ3) is 4.34. The van der Waals surface area contributed by atoms with Crippen LogP contribution in [0.3, 0.4) is 0 Å². The Kier molecular flexibility index (Phi) is 5.69. The van der Waals surface area contributed by atoms with E-state index in [1.807, 2.05) is 13.8 Å². The van der Waals surface area contributed by atoms with Crippen molar-refractivity contribution < 1.29 is 16.8 Å². The Balaban J connectivity index is 3.52. The summed E-state index contributed by atoms with van der Waals surface area (Å²) in [5.41, 5.74) is 1.67. The van der Waals surface area contributed by atoms with Crippen LogP contribution in [-0.2, 0) is 31.9 Å². The highest BCUT2D eigenvalue weighted by Gasteiger charge is 2.21. The van der Waals surface area contributed by atoms with Gasteiger partial charge in [0.05, 0.1) is 15.8 Å². The lowest BCUT2D eigenvalue weighted by Gasteiger charge is -2.18. The number of aryl methyl sites for hydroxylation is 2. The molecule has 0 aliphatic heterocycles. The molecule has 0 aliphatic carbocycles. The van der Waals surface area contributed by atoms with Gasteiger partial charge >= 0.3 is 0 Å². The number of anilines is 1. The molecule has 8 heteroatoms. The summed E-state index contributed by atoms with van der Waals surface area (Å²) >= 11 is 0. The summed E-state index contributed by atoms with van der Waals surface area (Å²) in [7, 11) is -1.96. The summed E-state index contributed by atoms with van der Waals surface area (Å²) in [6.07, 6.45) is 0.979. The fraction of sp³-hybridized carbons (Fsp3) is 0.538. The number of hydrogen-bond donors (Lipinski definition) is 1. The number of halogens is 1. The molecule has 1 aromatic carbocycles. The van der Waals surface area contributed by atoms with Gasteiger partial charge in [-0.25, -0.2) is 16.8 Å². The molecule has 0 saturated carbocycles. The van der Waals surface area contributed by atoms with E-state index in [2.05, 4.69) is 4.72 Å². The van der Waals surface area contributed by atoms with Crippen molar-refractivity contribution in [1.29, 1.82) is 0 Å². The zero-order valence-corrected chi connectivity index (χ0v) is 14.9. The van der Waals surface area contributed by atoms with E-state index >= 15 is 0 Å². The van der Waals surface area contributed by atoms with Crippen LogP contribution in [0.1, 0.15) is 38.8 Å². The van der Waals surface area contributed by atoms with Crippen LogP contribution in [0.15, 0.2) is 17.0 Å². The van der Waals surface area contributed by atoms with E-state index in [1.54, 1.807) is 13.8 Å². The van der Waals surface area contributed by atoms with Crippen LogP contribution in [0.4, 0.5) is 5.69 Å². The third-order valence-electron chi connectivity index (χ3n) is 3.18. The van der Waals surface area contributed by atoms with Crippen molar-refractivity contribution in [3.05, 3.63) is 23.3 Å². The average Bonchev–Trinajstić information content (AvgIpc) is 2.36. The minimum Gasteiger partial charge on any atom is -0.283 e. The van der Waals surface area contributed by atoms with Crippen molar-refractivity contribution in [2.24, 2.45) is 0 Å². The topological polar surface area (TPSA) is 80.3 Å². The van der Waals surface area contributed by atoms with Gasteiger partial charge in [-0.1, -0.05) is 13.8 Å². The molecule has 0 atom stereocenters. The molecule has 5 nitrogen and oxygen atoms in total. The smallest absolute Gasteiger partial charge is 0.261 e. The van der Waals surface area contributed by atoms with Crippen molar-refractivity contribution in [2.75, 3.05) is 4.72 Å².